The number of hydrogen-bond acceptors (Lipinski definition) is 3. The fraction of sp³-hybridized carbons (Fsp3) is 0.364. The number of ether oxygens (including phenoxy) is 1. The molecule has 1 aliphatic rings. The zero-order valence-electron chi connectivity index (χ0n) is 8.86. The van der Waals surface area contributed by atoms with Crippen LogP contribution in [0.5, 0.6) is 0 Å². The van der Waals surface area contributed by atoms with E-state index in [2.05, 4.69) is 5.32 Å². The first-order valence-electron chi connectivity index (χ1n) is 4.88. The second-order valence-electron chi connectivity index (χ2n) is 3.76. The summed E-state index contributed by atoms with van der Waals surface area (Å²) in [5, 5.41) is 2.63. The van der Waals surface area contributed by atoms with Gasteiger partial charge in [-0.15, -0.1) is 0 Å². The van der Waals surface area contributed by atoms with Gasteiger partial charge in [0.25, 0.3) is 0 Å². The number of carbonyl (C=O) groups is 1. The first-order valence-corrected chi connectivity index (χ1v) is 4.88. The van der Waals surface area contributed by atoms with Gasteiger partial charge in [-0.1, -0.05) is 12.1 Å². The number of nitrogens with one attached hydrogen (secondary N) is 1. The summed E-state index contributed by atoms with van der Waals surface area (Å²) in [5.41, 5.74) is 2.16. The van der Waals surface area contributed by atoms with Crippen molar-refractivity contribution in [2.45, 2.75) is 6.10 Å². The first kappa shape index (κ1) is 9.83. The van der Waals surface area contributed by atoms with Crippen LogP contribution in [0.2, 0.25) is 0 Å². The Morgan fingerprint density at radius 2 is 2.00 bits per heavy atom. The molecule has 0 aromatic heterocycles. The van der Waals surface area contributed by atoms with Gasteiger partial charge in [-0.25, -0.2) is 4.79 Å². The molecule has 1 amide bonds. The lowest BCUT2D eigenvalue weighted by molar-refractivity contribution is 0.141. The van der Waals surface area contributed by atoms with E-state index < -0.39 is 0 Å². The minimum absolute atomic E-state index is 0.145. The number of cyclic esters (lactones) is 1. The third kappa shape index (κ3) is 2.03. The lowest BCUT2D eigenvalue weighted by atomic mass is 10.1. The van der Waals surface area contributed by atoms with Gasteiger partial charge < -0.3 is 15.0 Å². The highest BCUT2D eigenvalue weighted by Crippen LogP contribution is 2.22. The Morgan fingerprint density at radius 1 is 1.33 bits per heavy atom. The van der Waals surface area contributed by atoms with Crippen molar-refractivity contribution in [1.82, 2.24) is 5.32 Å². The predicted octanol–water partition coefficient (Wildman–Crippen LogP) is 1.53. The molecule has 80 valence electrons. The van der Waals surface area contributed by atoms with E-state index in [1.54, 1.807) is 0 Å². The molecule has 0 bridgehead atoms. The van der Waals surface area contributed by atoms with Crippen LogP contribution in [0.1, 0.15) is 11.7 Å². The molecule has 0 saturated carbocycles. The van der Waals surface area contributed by atoms with Gasteiger partial charge in [0.1, 0.15) is 6.10 Å². The third-order valence-electron chi connectivity index (χ3n) is 2.46. The second-order valence-corrected chi connectivity index (χ2v) is 3.76. The van der Waals surface area contributed by atoms with Gasteiger partial charge in [-0.2, -0.15) is 0 Å². The summed E-state index contributed by atoms with van der Waals surface area (Å²) < 4.78 is 5.08. The fourth-order valence-electron chi connectivity index (χ4n) is 1.56. The van der Waals surface area contributed by atoms with Crippen molar-refractivity contribution < 1.29 is 9.53 Å². The number of anilines is 1. The average Bonchev–Trinajstić information content (AvgIpc) is 2.65. The van der Waals surface area contributed by atoms with E-state index in [1.807, 2.05) is 43.3 Å². The number of nitrogens with zero attached hydrogens (tertiary/aromatic N) is 1. The van der Waals surface area contributed by atoms with E-state index in [4.69, 9.17) is 4.74 Å². The number of carbonyl (C=O) groups excluding carboxylic acids is 1. The number of benzene rings is 1. The molecule has 1 heterocycles. The maximum Gasteiger partial charge on any atom is 0.407 e. The molecule has 4 nitrogen and oxygen atoms in total. The summed E-state index contributed by atoms with van der Waals surface area (Å²) >= 11 is 0. The van der Waals surface area contributed by atoms with Crippen molar-refractivity contribution in [2.24, 2.45) is 0 Å². The van der Waals surface area contributed by atoms with Crippen LogP contribution in [0, 0.1) is 0 Å². The van der Waals surface area contributed by atoms with Gasteiger partial charge in [-0.3, -0.25) is 0 Å². The van der Waals surface area contributed by atoms with Crippen molar-refractivity contribution in [3.05, 3.63) is 29.8 Å². The molecular formula is C11H14N2O2. The molecule has 1 fully saturated rings. The highest BCUT2D eigenvalue weighted by atomic mass is 16.6. The number of amides is 1. The maximum atomic E-state index is 10.9. The van der Waals surface area contributed by atoms with Crippen LogP contribution < -0.4 is 10.2 Å². The quantitative estimate of drug-likeness (QED) is 0.798. The predicted molar refractivity (Wildman–Crippen MR) is 58.0 cm³/mol. The molecule has 4 heteroatoms. The van der Waals surface area contributed by atoms with Gasteiger partial charge in [0.2, 0.25) is 0 Å². The highest BCUT2D eigenvalue weighted by Gasteiger charge is 2.23. The summed E-state index contributed by atoms with van der Waals surface area (Å²) in [4.78, 5) is 12.9. The van der Waals surface area contributed by atoms with E-state index in [0.717, 1.165) is 11.3 Å². The second kappa shape index (κ2) is 3.81. The topological polar surface area (TPSA) is 41.6 Å². The summed E-state index contributed by atoms with van der Waals surface area (Å²) in [5.74, 6) is 0. The van der Waals surface area contributed by atoms with E-state index in [1.165, 1.54) is 0 Å². The minimum Gasteiger partial charge on any atom is -0.439 e. The Kier molecular flexibility index (Phi) is 2.49. The van der Waals surface area contributed by atoms with Crippen molar-refractivity contribution in [3.8, 4) is 0 Å². The van der Waals surface area contributed by atoms with Gasteiger partial charge in [0.15, 0.2) is 0 Å². The van der Waals surface area contributed by atoms with Crippen LogP contribution in [0.4, 0.5) is 10.5 Å². The van der Waals surface area contributed by atoms with Crippen molar-refractivity contribution in [2.75, 3.05) is 25.5 Å². The first-order chi connectivity index (χ1) is 7.16. The molecule has 0 aliphatic carbocycles. The van der Waals surface area contributed by atoms with Crippen molar-refractivity contribution >= 4 is 11.8 Å². The molecule has 1 N–H and O–H groups in total. The Bertz CT molecular complexity index is 359. The summed E-state index contributed by atoms with van der Waals surface area (Å²) in [6.45, 7) is 0.556. The van der Waals surface area contributed by atoms with Crippen LogP contribution in [-0.2, 0) is 4.74 Å². The normalized spacial score (nSPS) is 19.6. The number of hydrogen-bond donors (Lipinski definition) is 1. The van der Waals surface area contributed by atoms with Gasteiger partial charge >= 0.3 is 6.09 Å². The Balaban J connectivity index is 2.13. The molecule has 1 aromatic rings. The lowest BCUT2D eigenvalue weighted by Gasteiger charge is -2.14. The molecule has 0 radical (unpaired) electrons. The smallest absolute Gasteiger partial charge is 0.407 e. The molecule has 1 saturated heterocycles. The van der Waals surface area contributed by atoms with Gasteiger partial charge in [0.05, 0.1) is 6.54 Å². The maximum absolute atomic E-state index is 10.9. The minimum atomic E-state index is -0.336. The molecule has 1 unspecified atom stereocenters. The van der Waals surface area contributed by atoms with Crippen LogP contribution in [-0.4, -0.2) is 26.7 Å². The van der Waals surface area contributed by atoms with E-state index in [9.17, 15) is 4.79 Å². The zero-order chi connectivity index (χ0) is 10.8. The average molecular weight is 206 g/mol. The molecular weight excluding hydrogens is 192 g/mol. The fourth-order valence-corrected chi connectivity index (χ4v) is 1.56. The van der Waals surface area contributed by atoms with Gasteiger partial charge in [0, 0.05) is 19.8 Å². The standard InChI is InChI=1S/C11H14N2O2/c1-13(2)9-5-3-8(4-6-9)10-7-12-11(14)15-10/h3-6,10H,7H2,1-2H3,(H,12,14). The van der Waals surface area contributed by atoms with Crippen LogP contribution in [0.15, 0.2) is 24.3 Å². The van der Waals surface area contributed by atoms with Crippen molar-refractivity contribution in [3.63, 3.8) is 0 Å². The molecule has 15 heavy (non-hydrogen) atoms. The lowest BCUT2D eigenvalue weighted by Crippen LogP contribution is -2.12. The van der Waals surface area contributed by atoms with Crippen molar-refractivity contribution in [1.29, 1.82) is 0 Å². The summed E-state index contributed by atoms with van der Waals surface area (Å²) in [7, 11) is 3.98. The Morgan fingerprint density at radius 3 is 2.47 bits per heavy atom. The molecule has 1 atom stereocenters. The van der Waals surface area contributed by atoms with E-state index in [-0.39, 0.29) is 12.2 Å². The molecule has 0 spiro atoms. The van der Waals surface area contributed by atoms with E-state index in [0.29, 0.717) is 6.54 Å². The van der Waals surface area contributed by atoms with Crippen LogP contribution in [0.3, 0.4) is 0 Å². The summed E-state index contributed by atoms with van der Waals surface area (Å²) in [6, 6.07) is 8.00. The Hall–Kier alpha value is -1.71. The molecule has 1 aliphatic heterocycles. The SMILES string of the molecule is CN(C)c1ccc(C2CNC(=O)O2)cc1. The van der Waals surface area contributed by atoms with Crippen LogP contribution >= 0.6 is 0 Å². The third-order valence-corrected chi connectivity index (χ3v) is 2.46. The highest BCUT2D eigenvalue weighted by molar-refractivity contribution is 5.69. The Labute approximate surface area is 88.8 Å². The monoisotopic (exact) mass is 206 g/mol. The number of alkyl carbamates (subject to hydrolysis) is 1. The largest absolute Gasteiger partial charge is 0.439 e. The van der Waals surface area contributed by atoms with Gasteiger partial charge in [-0.05, 0) is 17.7 Å². The summed E-state index contributed by atoms with van der Waals surface area (Å²) in [6.07, 6.45) is -0.481. The molecule has 1 aromatic carbocycles. The molecule has 2 rings (SSSR count). The van der Waals surface area contributed by atoms with E-state index >= 15 is 0 Å². The zero-order valence-corrected chi connectivity index (χ0v) is 8.86. The van der Waals surface area contributed by atoms with Crippen LogP contribution in [0.25, 0.3) is 0 Å². The number of rotatable bonds is 2.